The molecule has 9 heteroatoms. The van der Waals surface area contributed by atoms with Gasteiger partial charge in [-0.1, -0.05) is 36.7 Å². The fourth-order valence-electron chi connectivity index (χ4n) is 4.65. The van der Waals surface area contributed by atoms with Crippen LogP contribution in [-0.2, 0) is 16.6 Å². The minimum absolute atomic E-state index is 0.0654. The molecule has 3 unspecified atom stereocenters. The van der Waals surface area contributed by atoms with Crippen LogP contribution in [0.3, 0.4) is 0 Å². The summed E-state index contributed by atoms with van der Waals surface area (Å²) in [4.78, 5) is 24.7. The van der Waals surface area contributed by atoms with Crippen molar-refractivity contribution in [1.29, 1.82) is 0 Å². The van der Waals surface area contributed by atoms with Crippen LogP contribution in [0.15, 0.2) is 48.7 Å². The van der Waals surface area contributed by atoms with E-state index in [1.807, 2.05) is 6.07 Å². The topological polar surface area (TPSA) is 71.3 Å². The number of aromatic nitrogens is 1. The van der Waals surface area contributed by atoms with Crippen molar-refractivity contribution in [2.75, 3.05) is 5.32 Å². The van der Waals surface area contributed by atoms with E-state index < -0.39 is 29.9 Å². The van der Waals surface area contributed by atoms with Gasteiger partial charge in [-0.05, 0) is 65.5 Å². The molecule has 1 saturated carbocycles. The second-order valence-electron chi connectivity index (χ2n) is 9.32. The zero-order chi connectivity index (χ0) is 25.5. The summed E-state index contributed by atoms with van der Waals surface area (Å²) >= 11 is 6.29. The predicted octanol–water partition coefficient (Wildman–Crippen LogP) is 6.72. The van der Waals surface area contributed by atoms with Crippen molar-refractivity contribution in [2.45, 2.75) is 44.2 Å². The molecule has 1 aliphatic carbocycles. The van der Waals surface area contributed by atoms with E-state index in [4.69, 9.17) is 11.6 Å². The van der Waals surface area contributed by atoms with Gasteiger partial charge in [0.2, 0.25) is 5.91 Å². The molecule has 35 heavy (non-hydrogen) atoms. The monoisotopic (exact) mass is 506 g/mol. The summed E-state index contributed by atoms with van der Waals surface area (Å²) in [5.74, 6) is -5.24. The standard InChI is InChI=1S/C26H26ClF3N2O3/c1-14(26(28,29)30)24(18-6-5-16-9-10-32(2)22(16)12-18)25(35)31-21-11-17(7-8-20(21)27)19(13-23(33)34)15-3-4-15/h5-12,14-15,19,24H,3-4,13H2,1-2H3,(H,31,35)(H,33,34). The van der Waals surface area contributed by atoms with Crippen LogP contribution in [0, 0.1) is 11.8 Å². The van der Waals surface area contributed by atoms with Gasteiger partial charge in [0.1, 0.15) is 0 Å². The second kappa shape index (κ2) is 9.57. The van der Waals surface area contributed by atoms with Crippen molar-refractivity contribution >= 4 is 40.1 Å². The van der Waals surface area contributed by atoms with Crippen molar-refractivity contribution in [2.24, 2.45) is 18.9 Å². The lowest BCUT2D eigenvalue weighted by molar-refractivity contribution is -0.178. The largest absolute Gasteiger partial charge is 0.481 e. The van der Waals surface area contributed by atoms with Crippen molar-refractivity contribution in [3.63, 3.8) is 0 Å². The van der Waals surface area contributed by atoms with E-state index >= 15 is 0 Å². The molecule has 2 N–H and O–H groups in total. The van der Waals surface area contributed by atoms with Gasteiger partial charge in [-0.3, -0.25) is 9.59 Å². The maximum atomic E-state index is 13.8. The van der Waals surface area contributed by atoms with Crippen molar-refractivity contribution in [3.05, 3.63) is 64.8 Å². The Morgan fingerprint density at radius 2 is 1.83 bits per heavy atom. The van der Waals surface area contributed by atoms with Gasteiger partial charge in [0.25, 0.3) is 0 Å². The first kappa shape index (κ1) is 25.1. The first-order valence-corrected chi connectivity index (χ1v) is 11.8. The molecule has 3 aromatic rings. The average Bonchev–Trinajstić information content (AvgIpc) is 3.56. The number of aliphatic carboxylic acids is 1. The molecule has 1 fully saturated rings. The lowest BCUT2D eigenvalue weighted by Gasteiger charge is -2.26. The fourth-order valence-corrected chi connectivity index (χ4v) is 4.82. The van der Waals surface area contributed by atoms with Crippen LogP contribution in [-0.4, -0.2) is 27.7 Å². The van der Waals surface area contributed by atoms with Crippen molar-refractivity contribution in [3.8, 4) is 0 Å². The van der Waals surface area contributed by atoms with Gasteiger partial charge in [-0.25, -0.2) is 0 Å². The van der Waals surface area contributed by atoms with Crippen LogP contribution < -0.4 is 5.32 Å². The first-order valence-electron chi connectivity index (χ1n) is 11.4. The van der Waals surface area contributed by atoms with Gasteiger partial charge in [0.05, 0.1) is 29.0 Å². The molecular formula is C26H26ClF3N2O3. The summed E-state index contributed by atoms with van der Waals surface area (Å²) in [5.41, 5.74) is 1.83. The van der Waals surface area contributed by atoms with Crippen LogP contribution in [0.5, 0.6) is 0 Å². The first-order chi connectivity index (χ1) is 16.5. The van der Waals surface area contributed by atoms with E-state index in [1.54, 1.807) is 54.2 Å². The number of nitrogens with one attached hydrogen (secondary N) is 1. The number of carbonyl (C=O) groups is 2. The number of nitrogens with zero attached hydrogens (tertiary/aromatic N) is 1. The second-order valence-corrected chi connectivity index (χ2v) is 9.73. The molecule has 0 radical (unpaired) electrons. The zero-order valence-electron chi connectivity index (χ0n) is 19.3. The lowest BCUT2D eigenvalue weighted by Crippen LogP contribution is -2.34. The number of aryl methyl sites for hydroxylation is 1. The third-order valence-corrected chi connectivity index (χ3v) is 7.16. The number of anilines is 1. The van der Waals surface area contributed by atoms with E-state index in [-0.39, 0.29) is 34.5 Å². The molecule has 4 rings (SSSR count). The highest BCUT2D eigenvalue weighted by Crippen LogP contribution is 2.46. The molecule has 0 aliphatic heterocycles. The van der Waals surface area contributed by atoms with Crippen LogP contribution >= 0.6 is 11.6 Å². The molecule has 5 nitrogen and oxygen atoms in total. The van der Waals surface area contributed by atoms with Gasteiger partial charge >= 0.3 is 12.1 Å². The average molecular weight is 507 g/mol. The summed E-state index contributed by atoms with van der Waals surface area (Å²) in [7, 11) is 1.78. The van der Waals surface area contributed by atoms with E-state index in [0.29, 0.717) is 5.56 Å². The van der Waals surface area contributed by atoms with E-state index in [1.165, 1.54) is 0 Å². The Morgan fingerprint density at radius 1 is 1.14 bits per heavy atom. The summed E-state index contributed by atoms with van der Waals surface area (Å²) in [5, 5.41) is 12.9. The van der Waals surface area contributed by atoms with Crippen molar-refractivity contribution in [1.82, 2.24) is 4.57 Å². The normalized spacial score (nSPS) is 16.6. The minimum Gasteiger partial charge on any atom is -0.481 e. The van der Waals surface area contributed by atoms with Crippen LogP contribution in [0.25, 0.3) is 10.9 Å². The third-order valence-electron chi connectivity index (χ3n) is 6.83. The number of benzene rings is 2. The maximum absolute atomic E-state index is 13.8. The molecule has 0 bridgehead atoms. The van der Waals surface area contributed by atoms with Gasteiger partial charge in [0.15, 0.2) is 0 Å². The van der Waals surface area contributed by atoms with E-state index in [2.05, 4.69) is 5.32 Å². The Hall–Kier alpha value is -3.00. The van der Waals surface area contributed by atoms with Gasteiger partial charge in [-0.2, -0.15) is 13.2 Å². The molecule has 0 saturated heterocycles. The number of halogens is 4. The highest BCUT2D eigenvalue weighted by atomic mass is 35.5. The molecule has 2 aromatic carbocycles. The van der Waals surface area contributed by atoms with Crippen LogP contribution in [0.4, 0.5) is 18.9 Å². The molecule has 3 atom stereocenters. The highest BCUT2D eigenvalue weighted by molar-refractivity contribution is 6.33. The smallest absolute Gasteiger partial charge is 0.392 e. The van der Waals surface area contributed by atoms with Crippen LogP contribution in [0.1, 0.15) is 49.1 Å². The number of carboxylic acid groups (broad SMARTS) is 1. The number of hydrogen-bond acceptors (Lipinski definition) is 2. The Morgan fingerprint density at radius 3 is 2.46 bits per heavy atom. The number of carbonyl (C=O) groups excluding carboxylic acids is 1. The molecule has 0 spiro atoms. The highest BCUT2D eigenvalue weighted by Gasteiger charge is 2.45. The summed E-state index contributed by atoms with van der Waals surface area (Å²) in [6.07, 6.45) is -1.04. The fraction of sp³-hybridized carbons (Fsp3) is 0.385. The van der Waals surface area contributed by atoms with Gasteiger partial charge in [-0.15, -0.1) is 0 Å². The molecular weight excluding hydrogens is 481 g/mol. The molecule has 1 aliphatic rings. The maximum Gasteiger partial charge on any atom is 0.392 e. The minimum atomic E-state index is -4.60. The molecule has 1 heterocycles. The molecule has 186 valence electrons. The number of rotatable bonds is 8. The Kier molecular flexibility index (Phi) is 6.86. The third kappa shape index (κ3) is 5.48. The summed E-state index contributed by atoms with van der Waals surface area (Å²) in [6, 6.07) is 11.5. The molecule has 1 aromatic heterocycles. The number of alkyl halides is 3. The number of fused-ring (bicyclic) bond motifs is 1. The summed E-state index contributed by atoms with van der Waals surface area (Å²) < 4.78 is 43.2. The number of hydrogen-bond donors (Lipinski definition) is 2. The Labute approximate surface area is 205 Å². The Balaban J connectivity index is 1.68. The lowest BCUT2D eigenvalue weighted by atomic mass is 9.85. The number of carboxylic acids is 1. The zero-order valence-corrected chi connectivity index (χ0v) is 20.0. The summed E-state index contributed by atoms with van der Waals surface area (Å²) in [6.45, 7) is 0.994. The predicted molar refractivity (Wildman–Crippen MR) is 129 cm³/mol. The SMILES string of the molecule is CC(C(C(=O)Nc1cc(C(CC(=O)O)C2CC2)ccc1Cl)c1ccc2ccn(C)c2c1)C(F)(F)F. The Bertz CT molecular complexity index is 1270. The van der Waals surface area contributed by atoms with Crippen LogP contribution in [0.2, 0.25) is 5.02 Å². The van der Waals surface area contributed by atoms with Gasteiger partial charge in [0, 0.05) is 18.8 Å². The van der Waals surface area contributed by atoms with Gasteiger partial charge < -0.3 is 15.0 Å². The quantitative estimate of drug-likeness (QED) is 0.356. The number of amides is 1. The van der Waals surface area contributed by atoms with E-state index in [9.17, 15) is 27.9 Å². The van der Waals surface area contributed by atoms with E-state index in [0.717, 1.165) is 30.7 Å². The molecule has 1 amide bonds. The van der Waals surface area contributed by atoms with Crippen molar-refractivity contribution < 1.29 is 27.9 Å².